The van der Waals surface area contributed by atoms with Crippen LogP contribution in [0, 0.1) is 10.1 Å². The summed E-state index contributed by atoms with van der Waals surface area (Å²) in [4.78, 5) is 26.5. The molecular formula is C17H13ClN4O5. The second-order valence-electron chi connectivity index (χ2n) is 5.35. The van der Waals surface area contributed by atoms with Crippen LogP contribution in [-0.2, 0) is 6.54 Å². The average molecular weight is 389 g/mol. The lowest BCUT2D eigenvalue weighted by atomic mass is 10.2. The van der Waals surface area contributed by atoms with E-state index in [0.29, 0.717) is 17.1 Å². The van der Waals surface area contributed by atoms with Crippen molar-refractivity contribution in [2.45, 2.75) is 6.54 Å². The monoisotopic (exact) mass is 388 g/mol. The summed E-state index contributed by atoms with van der Waals surface area (Å²) in [7, 11) is 1.56. The van der Waals surface area contributed by atoms with Gasteiger partial charge >= 0.3 is 0 Å². The molecule has 10 heteroatoms. The molecule has 1 heterocycles. The van der Waals surface area contributed by atoms with Crippen LogP contribution in [0.25, 0.3) is 11.4 Å². The Morgan fingerprint density at radius 3 is 2.85 bits per heavy atom. The van der Waals surface area contributed by atoms with E-state index in [4.69, 9.17) is 20.9 Å². The summed E-state index contributed by atoms with van der Waals surface area (Å²) in [6.45, 7) is -0.0247. The van der Waals surface area contributed by atoms with E-state index in [1.807, 2.05) is 0 Å². The number of rotatable bonds is 6. The van der Waals surface area contributed by atoms with Crippen molar-refractivity contribution in [3.63, 3.8) is 0 Å². The Kier molecular flexibility index (Phi) is 5.32. The molecule has 138 valence electrons. The summed E-state index contributed by atoms with van der Waals surface area (Å²) in [5.74, 6) is 0.682. The summed E-state index contributed by atoms with van der Waals surface area (Å²) >= 11 is 5.93. The van der Waals surface area contributed by atoms with E-state index < -0.39 is 10.8 Å². The van der Waals surface area contributed by atoms with E-state index in [1.54, 1.807) is 31.4 Å². The average Bonchev–Trinajstić information content (AvgIpc) is 3.15. The maximum absolute atomic E-state index is 12.2. The Labute approximate surface area is 158 Å². The minimum absolute atomic E-state index is 0.0238. The normalized spacial score (nSPS) is 10.4. The number of benzene rings is 2. The fourth-order valence-corrected chi connectivity index (χ4v) is 2.52. The van der Waals surface area contributed by atoms with Gasteiger partial charge in [-0.2, -0.15) is 4.98 Å². The number of amides is 1. The standard InChI is InChI=1S/C17H13ClN4O5/c1-26-12-4-2-3-10(7-12)16-20-15(27-21-16)9-19-17(23)13-6-5-11(22(24)25)8-14(13)18/h2-8H,9H2,1H3,(H,19,23). The second kappa shape index (κ2) is 7.83. The zero-order valence-corrected chi connectivity index (χ0v) is 14.8. The summed E-state index contributed by atoms with van der Waals surface area (Å²) in [6.07, 6.45) is 0. The van der Waals surface area contributed by atoms with Crippen molar-refractivity contribution in [1.29, 1.82) is 0 Å². The number of non-ortho nitro benzene ring substituents is 1. The van der Waals surface area contributed by atoms with E-state index in [2.05, 4.69) is 15.5 Å². The van der Waals surface area contributed by atoms with E-state index in [-0.39, 0.29) is 28.7 Å². The molecule has 3 rings (SSSR count). The Morgan fingerprint density at radius 1 is 1.33 bits per heavy atom. The molecule has 0 saturated heterocycles. The van der Waals surface area contributed by atoms with Crippen LogP contribution in [0.2, 0.25) is 5.02 Å². The Bertz CT molecular complexity index is 1000. The number of nitro groups is 1. The Balaban J connectivity index is 1.68. The first-order chi connectivity index (χ1) is 13.0. The third kappa shape index (κ3) is 4.21. The number of ether oxygens (including phenoxy) is 1. The van der Waals surface area contributed by atoms with Crippen molar-refractivity contribution in [2.75, 3.05) is 7.11 Å². The van der Waals surface area contributed by atoms with Gasteiger partial charge in [0.15, 0.2) is 0 Å². The van der Waals surface area contributed by atoms with E-state index in [9.17, 15) is 14.9 Å². The predicted octanol–water partition coefficient (Wildman–Crippen LogP) is 3.24. The van der Waals surface area contributed by atoms with Crippen LogP contribution in [0.4, 0.5) is 5.69 Å². The number of carbonyl (C=O) groups excluding carboxylic acids is 1. The van der Waals surface area contributed by atoms with Gasteiger partial charge in [-0.05, 0) is 18.2 Å². The summed E-state index contributed by atoms with van der Waals surface area (Å²) < 4.78 is 10.3. The number of methoxy groups -OCH3 is 1. The molecule has 2 aromatic carbocycles. The van der Waals surface area contributed by atoms with Gasteiger partial charge in [-0.15, -0.1) is 0 Å². The molecule has 0 aliphatic heterocycles. The first-order valence-electron chi connectivity index (χ1n) is 7.67. The van der Waals surface area contributed by atoms with E-state index >= 15 is 0 Å². The molecule has 0 radical (unpaired) electrons. The second-order valence-corrected chi connectivity index (χ2v) is 5.75. The first kappa shape index (κ1) is 18.3. The van der Waals surface area contributed by atoms with Crippen LogP contribution < -0.4 is 10.1 Å². The summed E-state index contributed by atoms with van der Waals surface area (Å²) in [5.41, 5.74) is 0.611. The first-order valence-corrected chi connectivity index (χ1v) is 8.05. The van der Waals surface area contributed by atoms with Crippen LogP contribution in [-0.4, -0.2) is 28.1 Å². The van der Waals surface area contributed by atoms with Crippen molar-refractivity contribution in [3.8, 4) is 17.1 Å². The number of carbonyl (C=O) groups is 1. The third-order valence-corrected chi connectivity index (χ3v) is 3.92. The van der Waals surface area contributed by atoms with Crippen molar-refractivity contribution < 1.29 is 19.0 Å². The highest BCUT2D eigenvalue weighted by atomic mass is 35.5. The molecule has 0 unspecified atom stereocenters. The lowest BCUT2D eigenvalue weighted by Gasteiger charge is -2.04. The highest BCUT2D eigenvalue weighted by Crippen LogP contribution is 2.23. The van der Waals surface area contributed by atoms with Crippen LogP contribution in [0.15, 0.2) is 47.0 Å². The van der Waals surface area contributed by atoms with Crippen LogP contribution in [0.1, 0.15) is 16.2 Å². The SMILES string of the molecule is COc1cccc(-c2noc(CNC(=O)c3ccc([N+](=O)[O-])cc3Cl)n2)c1. The molecular weight excluding hydrogens is 376 g/mol. The number of halogens is 1. The van der Waals surface area contributed by atoms with Crippen LogP contribution in [0.3, 0.4) is 0 Å². The molecule has 0 bridgehead atoms. The van der Waals surface area contributed by atoms with Crippen LogP contribution in [0.5, 0.6) is 5.75 Å². The third-order valence-electron chi connectivity index (χ3n) is 3.60. The lowest BCUT2D eigenvalue weighted by Crippen LogP contribution is -2.23. The summed E-state index contributed by atoms with van der Waals surface area (Å²) in [5, 5.41) is 17.1. The van der Waals surface area contributed by atoms with Gasteiger partial charge in [0.05, 0.1) is 29.2 Å². The lowest BCUT2D eigenvalue weighted by molar-refractivity contribution is -0.384. The molecule has 0 aliphatic rings. The molecule has 3 aromatic rings. The molecule has 9 nitrogen and oxygen atoms in total. The fourth-order valence-electron chi connectivity index (χ4n) is 2.26. The van der Waals surface area contributed by atoms with Gasteiger partial charge in [0.2, 0.25) is 11.7 Å². The Morgan fingerprint density at radius 2 is 2.15 bits per heavy atom. The van der Waals surface area contributed by atoms with Gasteiger partial charge < -0.3 is 14.6 Å². The van der Waals surface area contributed by atoms with Gasteiger partial charge in [-0.1, -0.05) is 28.9 Å². The summed E-state index contributed by atoms with van der Waals surface area (Å²) in [6, 6.07) is 10.7. The minimum atomic E-state index is -0.591. The largest absolute Gasteiger partial charge is 0.497 e. The molecule has 0 spiro atoms. The van der Waals surface area contributed by atoms with Crippen molar-refractivity contribution in [2.24, 2.45) is 0 Å². The fraction of sp³-hybridized carbons (Fsp3) is 0.118. The van der Waals surface area contributed by atoms with E-state index in [0.717, 1.165) is 6.07 Å². The molecule has 1 aromatic heterocycles. The van der Waals surface area contributed by atoms with E-state index in [1.165, 1.54) is 12.1 Å². The molecule has 0 fully saturated rings. The zero-order valence-electron chi connectivity index (χ0n) is 14.0. The van der Waals surface area contributed by atoms with Gasteiger partial charge in [-0.25, -0.2) is 0 Å². The van der Waals surface area contributed by atoms with Gasteiger partial charge in [0.1, 0.15) is 5.75 Å². The maximum atomic E-state index is 12.2. The number of aromatic nitrogens is 2. The molecule has 0 atom stereocenters. The highest BCUT2D eigenvalue weighted by molar-refractivity contribution is 6.34. The molecule has 0 aliphatic carbocycles. The van der Waals surface area contributed by atoms with Crippen LogP contribution >= 0.6 is 11.6 Å². The zero-order chi connectivity index (χ0) is 19.4. The smallest absolute Gasteiger partial charge is 0.270 e. The molecule has 1 amide bonds. The quantitative estimate of drug-likeness (QED) is 0.508. The minimum Gasteiger partial charge on any atom is -0.497 e. The van der Waals surface area contributed by atoms with Gasteiger partial charge in [0.25, 0.3) is 11.6 Å². The number of hydrogen-bond donors (Lipinski definition) is 1. The van der Waals surface area contributed by atoms with Crippen molar-refractivity contribution in [1.82, 2.24) is 15.5 Å². The topological polar surface area (TPSA) is 120 Å². The predicted molar refractivity (Wildman–Crippen MR) is 95.6 cm³/mol. The molecule has 1 N–H and O–H groups in total. The molecule has 0 saturated carbocycles. The number of nitrogens with one attached hydrogen (secondary N) is 1. The van der Waals surface area contributed by atoms with Gasteiger partial charge in [0, 0.05) is 17.7 Å². The maximum Gasteiger partial charge on any atom is 0.270 e. The molecule has 27 heavy (non-hydrogen) atoms. The number of nitro benzene ring substituents is 1. The van der Waals surface area contributed by atoms with Gasteiger partial charge in [-0.3, -0.25) is 14.9 Å². The van der Waals surface area contributed by atoms with Crippen molar-refractivity contribution >= 4 is 23.2 Å². The van der Waals surface area contributed by atoms with Crippen molar-refractivity contribution in [3.05, 3.63) is 69.1 Å². The number of hydrogen-bond acceptors (Lipinski definition) is 7. The number of nitrogens with zero attached hydrogens (tertiary/aromatic N) is 3. The Hall–Kier alpha value is -3.46. The highest BCUT2D eigenvalue weighted by Gasteiger charge is 2.16.